The fourth-order valence-corrected chi connectivity index (χ4v) is 3.15. The van der Waals surface area contributed by atoms with Gasteiger partial charge in [-0.1, -0.05) is 31.5 Å². The molecular weight excluding hydrogens is 250 g/mol. The Hall–Kier alpha value is -1.22. The molecule has 0 spiro atoms. The van der Waals surface area contributed by atoms with Crippen molar-refractivity contribution in [3.8, 4) is 0 Å². The lowest BCUT2D eigenvalue weighted by molar-refractivity contribution is 0.0697. The first-order valence-corrected chi connectivity index (χ1v) is 6.63. The molecule has 98 valence electrons. The molecule has 4 heteroatoms. The molecule has 18 heavy (non-hydrogen) atoms. The Morgan fingerprint density at radius 3 is 2.50 bits per heavy atom. The number of carbonyl (C=O) groups is 1. The summed E-state index contributed by atoms with van der Waals surface area (Å²) in [4.78, 5) is 13.4. The molecular formula is C14H18ClNO2. The highest BCUT2D eigenvalue weighted by Crippen LogP contribution is 2.34. The fraction of sp³-hybridized carbons (Fsp3) is 0.500. The lowest BCUT2D eigenvalue weighted by atomic mass is 9.91. The zero-order valence-electron chi connectivity index (χ0n) is 10.7. The van der Waals surface area contributed by atoms with Crippen LogP contribution in [0.1, 0.15) is 30.6 Å². The molecule has 1 saturated heterocycles. The standard InChI is InChI=1S/C14H18ClNO2/c1-9-6-10(2)8-16(7-9)13-11(14(17)18)4-3-5-12(13)15/h3-5,9-10H,6-8H2,1-2H3,(H,17,18). The molecule has 1 N–H and O–H groups in total. The number of hydrogen-bond acceptors (Lipinski definition) is 2. The Kier molecular flexibility index (Phi) is 3.81. The van der Waals surface area contributed by atoms with E-state index < -0.39 is 5.97 Å². The number of carboxylic acid groups (broad SMARTS) is 1. The van der Waals surface area contributed by atoms with Gasteiger partial charge in [-0.2, -0.15) is 0 Å². The summed E-state index contributed by atoms with van der Waals surface area (Å²) in [7, 11) is 0. The van der Waals surface area contributed by atoms with Gasteiger partial charge in [0.2, 0.25) is 0 Å². The van der Waals surface area contributed by atoms with Crippen molar-refractivity contribution in [2.24, 2.45) is 11.8 Å². The molecule has 0 aromatic heterocycles. The number of anilines is 1. The first-order chi connectivity index (χ1) is 8.49. The Labute approximate surface area is 112 Å². The van der Waals surface area contributed by atoms with Gasteiger partial charge < -0.3 is 10.0 Å². The molecule has 0 bridgehead atoms. The van der Waals surface area contributed by atoms with E-state index in [4.69, 9.17) is 11.6 Å². The summed E-state index contributed by atoms with van der Waals surface area (Å²) < 4.78 is 0. The maximum absolute atomic E-state index is 11.3. The summed E-state index contributed by atoms with van der Waals surface area (Å²) in [5.74, 6) is 0.205. The van der Waals surface area contributed by atoms with Crippen molar-refractivity contribution >= 4 is 23.3 Å². The Balaban J connectivity index is 2.40. The number of rotatable bonds is 2. The van der Waals surface area contributed by atoms with Crippen LogP contribution in [-0.2, 0) is 0 Å². The highest BCUT2D eigenvalue weighted by atomic mass is 35.5. The van der Waals surface area contributed by atoms with E-state index in [2.05, 4.69) is 18.7 Å². The van der Waals surface area contributed by atoms with Gasteiger partial charge in [0.15, 0.2) is 0 Å². The molecule has 2 rings (SSSR count). The van der Waals surface area contributed by atoms with Crippen LogP contribution in [0.3, 0.4) is 0 Å². The van der Waals surface area contributed by atoms with Crippen LogP contribution >= 0.6 is 11.6 Å². The second kappa shape index (κ2) is 5.19. The molecule has 1 aromatic rings. The van der Waals surface area contributed by atoms with E-state index in [-0.39, 0.29) is 0 Å². The van der Waals surface area contributed by atoms with Crippen molar-refractivity contribution in [3.63, 3.8) is 0 Å². The molecule has 1 aliphatic rings. The number of nitrogens with zero attached hydrogens (tertiary/aromatic N) is 1. The quantitative estimate of drug-likeness (QED) is 0.891. The van der Waals surface area contributed by atoms with Gasteiger partial charge >= 0.3 is 5.97 Å². The van der Waals surface area contributed by atoms with Crippen LogP contribution in [0, 0.1) is 11.8 Å². The van der Waals surface area contributed by atoms with Gasteiger partial charge in [-0.3, -0.25) is 0 Å². The summed E-state index contributed by atoms with van der Waals surface area (Å²) in [5.41, 5.74) is 0.967. The summed E-state index contributed by atoms with van der Waals surface area (Å²) in [6.45, 7) is 6.13. The largest absolute Gasteiger partial charge is 0.478 e. The topological polar surface area (TPSA) is 40.5 Å². The van der Waals surface area contributed by atoms with E-state index in [1.54, 1.807) is 18.2 Å². The van der Waals surface area contributed by atoms with Crippen molar-refractivity contribution in [1.82, 2.24) is 0 Å². The molecule has 0 amide bonds. The highest BCUT2D eigenvalue weighted by molar-refractivity contribution is 6.34. The fourth-order valence-electron chi connectivity index (χ4n) is 2.85. The van der Waals surface area contributed by atoms with E-state index in [0.717, 1.165) is 13.1 Å². The molecule has 2 atom stereocenters. The van der Waals surface area contributed by atoms with Gasteiger partial charge in [0, 0.05) is 13.1 Å². The van der Waals surface area contributed by atoms with Gasteiger partial charge in [-0.15, -0.1) is 0 Å². The Morgan fingerprint density at radius 2 is 1.94 bits per heavy atom. The van der Waals surface area contributed by atoms with Crippen LogP contribution in [0.5, 0.6) is 0 Å². The van der Waals surface area contributed by atoms with Gasteiger partial charge in [-0.05, 0) is 30.4 Å². The normalized spacial score (nSPS) is 24.1. The summed E-state index contributed by atoms with van der Waals surface area (Å²) in [6, 6.07) is 5.06. The predicted molar refractivity (Wildman–Crippen MR) is 73.6 cm³/mol. The summed E-state index contributed by atoms with van der Waals surface area (Å²) in [5, 5.41) is 9.79. The maximum atomic E-state index is 11.3. The van der Waals surface area contributed by atoms with Crippen LogP contribution in [-0.4, -0.2) is 24.2 Å². The van der Waals surface area contributed by atoms with Gasteiger partial charge in [0.1, 0.15) is 0 Å². The molecule has 1 heterocycles. The lowest BCUT2D eigenvalue weighted by Crippen LogP contribution is -2.39. The monoisotopic (exact) mass is 267 g/mol. The minimum absolute atomic E-state index is 0.295. The first kappa shape index (κ1) is 13.2. The molecule has 0 aliphatic carbocycles. The number of hydrogen-bond donors (Lipinski definition) is 1. The van der Waals surface area contributed by atoms with Crippen molar-refractivity contribution < 1.29 is 9.90 Å². The van der Waals surface area contributed by atoms with Gasteiger partial charge in [-0.25, -0.2) is 4.79 Å². The van der Waals surface area contributed by atoms with E-state index in [9.17, 15) is 9.90 Å². The smallest absolute Gasteiger partial charge is 0.337 e. The summed E-state index contributed by atoms with van der Waals surface area (Å²) in [6.07, 6.45) is 1.18. The second-order valence-electron chi connectivity index (χ2n) is 5.29. The van der Waals surface area contributed by atoms with E-state index in [0.29, 0.717) is 28.1 Å². The number of aromatic carboxylic acids is 1. The number of piperidine rings is 1. The third-order valence-corrected chi connectivity index (χ3v) is 3.71. The zero-order chi connectivity index (χ0) is 13.3. The second-order valence-corrected chi connectivity index (χ2v) is 5.70. The minimum atomic E-state index is -0.918. The minimum Gasteiger partial charge on any atom is -0.478 e. The summed E-state index contributed by atoms with van der Waals surface area (Å²) >= 11 is 6.20. The van der Waals surface area contributed by atoms with E-state index >= 15 is 0 Å². The van der Waals surface area contributed by atoms with Crippen molar-refractivity contribution in [3.05, 3.63) is 28.8 Å². The molecule has 1 aliphatic heterocycles. The van der Waals surface area contributed by atoms with Crippen molar-refractivity contribution in [2.75, 3.05) is 18.0 Å². The van der Waals surface area contributed by atoms with Crippen molar-refractivity contribution in [2.45, 2.75) is 20.3 Å². The van der Waals surface area contributed by atoms with Gasteiger partial charge in [0.25, 0.3) is 0 Å². The van der Waals surface area contributed by atoms with E-state index in [1.165, 1.54) is 6.42 Å². The molecule has 0 radical (unpaired) electrons. The molecule has 0 saturated carbocycles. The first-order valence-electron chi connectivity index (χ1n) is 6.25. The number of benzene rings is 1. The van der Waals surface area contributed by atoms with Crippen LogP contribution in [0.4, 0.5) is 5.69 Å². The van der Waals surface area contributed by atoms with Gasteiger partial charge in [0.05, 0.1) is 16.3 Å². The van der Waals surface area contributed by atoms with E-state index in [1.807, 2.05) is 0 Å². The number of para-hydroxylation sites is 1. The third kappa shape index (κ3) is 2.61. The van der Waals surface area contributed by atoms with Crippen LogP contribution < -0.4 is 4.90 Å². The molecule has 3 nitrogen and oxygen atoms in total. The Bertz CT molecular complexity index is 451. The average Bonchev–Trinajstić information content (AvgIpc) is 2.26. The zero-order valence-corrected chi connectivity index (χ0v) is 11.4. The van der Waals surface area contributed by atoms with Crippen LogP contribution in [0.25, 0.3) is 0 Å². The Morgan fingerprint density at radius 1 is 1.33 bits per heavy atom. The average molecular weight is 268 g/mol. The van der Waals surface area contributed by atoms with Crippen molar-refractivity contribution in [1.29, 1.82) is 0 Å². The number of carboxylic acids is 1. The SMILES string of the molecule is CC1CC(C)CN(c2c(Cl)cccc2C(=O)O)C1. The third-order valence-electron chi connectivity index (χ3n) is 3.40. The molecule has 1 fully saturated rings. The lowest BCUT2D eigenvalue weighted by Gasteiger charge is -2.37. The number of halogens is 1. The predicted octanol–water partition coefficient (Wildman–Crippen LogP) is 3.52. The highest BCUT2D eigenvalue weighted by Gasteiger charge is 2.26. The molecule has 1 aromatic carbocycles. The molecule has 2 unspecified atom stereocenters. The van der Waals surface area contributed by atoms with Crippen LogP contribution in [0.15, 0.2) is 18.2 Å². The maximum Gasteiger partial charge on any atom is 0.337 e. The van der Waals surface area contributed by atoms with Crippen LogP contribution in [0.2, 0.25) is 5.02 Å².